The number of hydrogen-bond donors (Lipinski definition) is 0. The van der Waals surface area contributed by atoms with Crippen LogP contribution in [0.4, 0.5) is 0 Å². The predicted molar refractivity (Wildman–Crippen MR) is 108 cm³/mol. The number of rotatable bonds is 5. The summed E-state index contributed by atoms with van der Waals surface area (Å²) in [7, 11) is 0. The van der Waals surface area contributed by atoms with Gasteiger partial charge < -0.3 is 4.74 Å². The second-order valence-electron chi connectivity index (χ2n) is 7.41. The van der Waals surface area contributed by atoms with Crippen molar-refractivity contribution in [1.82, 2.24) is 4.90 Å². The molecule has 4 heteroatoms. The van der Waals surface area contributed by atoms with Crippen molar-refractivity contribution in [3.8, 4) is 0 Å². The standard InChI is InChI=1S/C22H27NO2.ClH/c24-19-12-14-23(16-19)21-10-3-4-11-22(21)25-15-13-18-8-5-7-17-6-1-2-9-20(17)18;/h1-2,5-9,21-22H,3-4,10-16H2;1H/t21-,22?;/m1./s1. The molecule has 0 N–H and O–H groups in total. The van der Waals surface area contributed by atoms with Crippen LogP contribution in [0.15, 0.2) is 42.5 Å². The van der Waals surface area contributed by atoms with Gasteiger partial charge in [0, 0.05) is 19.0 Å². The molecule has 1 heterocycles. The number of carbonyl (C=O) groups excluding carboxylic acids is 1. The average Bonchev–Trinajstić information content (AvgIpc) is 3.08. The van der Waals surface area contributed by atoms with E-state index >= 15 is 0 Å². The second-order valence-corrected chi connectivity index (χ2v) is 7.41. The molecule has 0 radical (unpaired) electrons. The summed E-state index contributed by atoms with van der Waals surface area (Å²) >= 11 is 0. The van der Waals surface area contributed by atoms with Gasteiger partial charge in [0.15, 0.2) is 0 Å². The molecule has 1 aliphatic carbocycles. The fourth-order valence-corrected chi connectivity index (χ4v) is 4.46. The van der Waals surface area contributed by atoms with Crippen LogP contribution in [0, 0.1) is 0 Å². The molecule has 1 aliphatic heterocycles. The number of benzene rings is 2. The highest BCUT2D eigenvalue weighted by Gasteiger charge is 2.34. The van der Waals surface area contributed by atoms with Crippen molar-refractivity contribution < 1.29 is 9.53 Å². The topological polar surface area (TPSA) is 29.5 Å². The summed E-state index contributed by atoms with van der Waals surface area (Å²) in [6.07, 6.45) is 6.77. The molecule has 4 rings (SSSR count). The van der Waals surface area contributed by atoms with Gasteiger partial charge in [-0.25, -0.2) is 0 Å². The molecule has 0 bridgehead atoms. The molecule has 2 aromatic rings. The Kier molecular flexibility index (Phi) is 6.68. The van der Waals surface area contributed by atoms with Crippen LogP contribution in [-0.4, -0.2) is 42.5 Å². The Morgan fingerprint density at radius 3 is 2.69 bits per heavy atom. The van der Waals surface area contributed by atoms with E-state index in [1.807, 2.05) is 0 Å². The van der Waals surface area contributed by atoms with Crippen molar-refractivity contribution in [3.63, 3.8) is 0 Å². The molecule has 1 unspecified atom stereocenters. The van der Waals surface area contributed by atoms with Crippen LogP contribution in [0.1, 0.15) is 37.7 Å². The molecule has 0 aromatic heterocycles. The molecule has 2 aliphatic rings. The van der Waals surface area contributed by atoms with E-state index in [0.717, 1.165) is 32.4 Å². The van der Waals surface area contributed by atoms with E-state index in [9.17, 15) is 4.79 Å². The number of ketones is 1. The highest BCUT2D eigenvalue weighted by atomic mass is 35.5. The van der Waals surface area contributed by atoms with Crippen molar-refractivity contribution in [2.45, 2.75) is 50.7 Å². The molecule has 2 aromatic carbocycles. The summed E-state index contributed by atoms with van der Waals surface area (Å²) < 4.78 is 6.34. The van der Waals surface area contributed by atoms with Crippen LogP contribution in [0.2, 0.25) is 0 Å². The third-order valence-corrected chi connectivity index (χ3v) is 5.78. The van der Waals surface area contributed by atoms with Crippen molar-refractivity contribution >= 4 is 29.0 Å². The van der Waals surface area contributed by atoms with E-state index < -0.39 is 0 Å². The minimum Gasteiger partial charge on any atom is -0.376 e. The molecule has 1 saturated heterocycles. The van der Waals surface area contributed by atoms with Gasteiger partial charge in [-0.05, 0) is 35.6 Å². The number of halogens is 1. The van der Waals surface area contributed by atoms with Gasteiger partial charge in [0.25, 0.3) is 0 Å². The third-order valence-electron chi connectivity index (χ3n) is 5.78. The van der Waals surface area contributed by atoms with Crippen LogP contribution in [-0.2, 0) is 16.0 Å². The van der Waals surface area contributed by atoms with Gasteiger partial charge in [0.1, 0.15) is 5.78 Å². The number of fused-ring (bicyclic) bond motifs is 1. The molecule has 1 saturated carbocycles. The van der Waals surface area contributed by atoms with E-state index in [1.165, 1.54) is 35.6 Å². The third kappa shape index (κ3) is 4.28. The normalized spacial score (nSPS) is 23.9. The summed E-state index contributed by atoms with van der Waals surface area (Å²) in [6.45, 7) is 2.32. The van der Waals surface area contributed by atoms with E-state index in [1.54, 1.807) is 0 Å². The van der Waals surface area contributed by atoms with Crippen molar-refractivity contribution in [3.05, 3.63) is 48.0 Å². The maximum Gasteiger partial charge on any atom is 0.148 e. The van der Waals surface area contributed by atoms with E-state index in [2.05, 4.69) is 47.4 Å². The van der Waals surface area contributed by atoms with Gasteiger partial charge in [-0.2, -0.15) is 0 Å². The molecule has 2 atom stereocenters. The number of Topliss-reactive ketones (excluding diaryl/α,β-unsaturated/α-hetero) is 1. The van der Waals surface area contributed by atoms with E-state index in [-0.39, 0.29) is 18.5 Å². The minimum atomic E-state index is 0. The fraction of sp³-hybridized carbons (Fsp3) is 0.500. The highest BCUT2D eigenvalue weighted by Crippen LogP contribution is 2.28. The largest absolute Gasteiger partial charge is 0.376 e. The zero-order valence-electron chi connectivity index (χ0n) is 15.2. The lowest BCUT2D eigenvalue weighted by atomic mass is 9.91. The summed E-state index contributed by atoms with van der Waals surface area (Å²) in [5.74, 6) is 0.389. The summed E-state index contributed by atoms with van der Waals surface area (Å²) in [4.78, 5) is 14.0. The summed E-state index contributed by atoms with van der Waals surface area (Å²) in [5.41, 5.74) is 1.36. The lowest BCUT2D eigenvalue weighted by Gasteiger charge is -2.37. The van der Waals surface area contributed by atoms with Crippen LogP contribution >= 0.6 is 12.4 Å². The van der Waals surface area contributed by atoms with Gasteiger partial charge in [-0.3, -0.25) is 9.69 Å². The number of likely N-dealkylation sites (tertiary alicyclic amines) is 1. The first-order chi connectivity index (χ1) is 12.3. The average molecular weight is 374 g/mol. The van der Waals surface area contributed by atoms with Crippen molar-refractivity contribution in [2.24, 2.45) is 0 Å². The Labute approximate surface area is 162 Å². The van der Waals surface area contributed by atoms with Crippen LogP contribution in [0.3, 0.4) is 0 Å². The number of hydrogen-bond acceptors (Lipinski definition) is 3. The molecular weight excluding hydrogens is 346 g/mol. The van der Waals surface area contributed by atoms with Gasteiger partial charge in [0.05, 0.1) is 19.3 Å². The van der Waals surface area contributed by atoms with Gasteiger partial charge in [0.2, 0.25) is 0 Å². The van der Waals surface area contributed by atoms with Crippen molar-refractivity contribution in [2.75, 3.05) is 19.7 Å². The zero-order chi connectivity index (χ0) is 17.1. The Bertz CT molecular complexity index is 743. The Hall–Kier alpha value is -1.42. The quantitative estimate of drug-likeness (QED) is 0.777. The molecule has 2 fully saturated rings. The SMILES string of the molecule is Cl.O=C1CCN([C@@H]2CCCCC2OCCc2cccc3ccccc23)C1. The number of nitrogens with zero attached hydrogens (tertiary/aromatic N) is 1. The molecular formula is C22H28ClNO2. The van der Waals surface area contributed by atoms with Gasteiger partial charge in [-0.15, -0.1) is 12.4 Å². The summed E-state index contributed by atoms with van der Waals surface area (Å²) in [6, 6.07) is 15.5. The minimum absolute atomic E-state index is 0. The monoisotopic (exact) mass is 373 g/mol. The smallest absolute Gasteiger partial charge is 0.148 e. The first-order valence-electron chi connectivity index (χ1n) is 9.65. The van der Waals surface area contributed by atoms with Crippen LogP contribution < -0.4 is 0 Å². The van der Waals surface area contributed by atoms with Crippen LogP contribution in [0.5, 0.6) is 0 Å². The van der Waals surface area contributed by atoms with Crippen LogP contribution in [0.25, 0.3) is 10.8 Å². The molecule has 140 valence electrons. The maximum atomic E-state index is 11.6. The molecule has 26 heavy (non-hydrogen) atoms. The summed E-state index contributed by atoms with van der Waals surface area (Å²) in [5, 5.41) is 2.63. The molecule has 0 spiro atoms. The first-order valence-corrected chi connectivity index (χ1v) is 9.65. The van der Waals surface area contributed by atoms with E-state index in [0.29, 0.717) is 18.4 Å². The zero-order valence-corrected chi connectivity index (χ0v) is 16.0. The fourth-order valence-electron chi connectivity index (χ4n) is 4.46. The highest BCUT2D eigenvalue weighted by molar-refractivity contribution is 5.86. The van der Waals surface area contributed by atoms with Gasteiger partial charge >= 0.3 is 0 Å². The molecule has 3 nitrogen and oxygen atoms in total. The Morgan fingerprint density at radius 1 is 1.04 bits per heavy atom. The van der Waals surface area contributed by atoms with E-state index in [4.69, 9.17) is 4.74 Å². The first kappa shape index (κ1) is 19.3. The Morgan fingerprint density at radius 2 is 1.85 bits per heavy atom. The Balaban J connectivity index is 0.00000196. The van der Waals surface area contributed by atoms with Gasteiger partial charge in [-0.1, -0.05) is 55.3 Å². The number of carbonyl (C=O) groups is 1. The predicted octanol–water partition coefficient (Wildman–Crippen LogP) is 4.41. The lowest BCUT2D eigenvalue weighted by molar-refractivity contribution is -0.117. The second kappa shape index (κ2) is 8.98. The number of ether oxygens (including phenoxy) is 1. The maximum absolute atomic E-state index is 11.6. The molecule has 0 amide bonds. The lowest BCUT2D eigenvalue weighted by Crippen LogP contribution is -2.45. The van der Waals surface area contributed by atoms with Crippen molar-refractivity contribution in [1.29, 1.82) is 0 Å².